The third-order valence-electron chi connectivity index (χ3n) is 2.74. The first kappa shape index (κ1) is 16.6. The van der Waals surface area contributed by atoms with Gasteiger partial charge in [-0.3, -0.25) is 4.68 Å². The second-order valence-electron chi connectivity index (χ2n) is 4.03. The van der Waals surface area contributed by atoms with Crippen molar-refractivity contribution < 1.29 is 14.2 Å². The van der Waals surface area contributed by atoms with Gasteiger partial charge >= 0.3 is 0 Å². The molecule has 0 radical (unpaired) electrons. The number of hydrogen-bond donors (Lipinski definition) is 0. The van der Waals surface area contributed by atoms with Gasteiger partial charge in [0.2, 0.25) is 0 Å². The Labute approximate surface area is 123 Å². The third kappa shape index (κ3) is 5.22. The van der Waals surface area contributed by atoms with Crippen molar-refractivity contribution in [2.45, 2.75) is 33.4 Å². The van der Waals surface area contributed by atoms with Crippen LogP contribution in [0.25, 0.3) is 0 Å². The van der Waals surface area contributed by atoms with Gasteiger partial charge in [0.15, 0.2) is 0 Å². The van der Waals surface area contributed by atoms with Crippen LogP contribution in [0.15, 0.2) is 4.47 Å². The summed E-state index contributed by atoms with van der Waals surface area (Å²) >= 11 is 3.60. The van der Waals surface area contributed by atoms with E-state index in [0.29, 0.717) is 33.0 Å². The van der Waals surface area contributed by atoms with E-state index in [1.165, 1.54) is 0 Å². The number of aryl methyl sites for hydroxylation is 2. The number of rotatable bonds is 10. The number of aromatic nitrogens is 2. The quantitative estimate of drug-likeness (QED) is 0.616. The molecule has 6 heteroatoms. The molecule has 0 fully saturated rings. The van der Waals surface area contributed by atoms with Gasteiger partial charge in [-0.05, 0) is 29.3 Å². The molecule has 0 N–H and O–H groups in total. The molecule has 1 heterocycles. The van der Waals surface area contributed by atoms with Crippen LogP contribution in [0.1, 0.15) is 25.2 Å². The SMILES string of the molecule is CCc1nn(CC)c(COCCOCCOC)c1Br. The summed E-state index contributed by atoms with van der Waals surface area (Å²) in [5.41, 5.74) is 2.17. The molecule has 0 aliphatic rings. The number of halogens is 1. The van der Waals surface area contributed by atoms with Gasteiger partial charge in [-0.15, -0.1) is 0 Å². The zero-order chi connectivity index (χ0) is 14.1. The summed E-state index contributed by atoms with van der Waals surface area (Å²) in [5.74, 6) is 0. The van der Waals surface area contributed by atoms with E-state index in [0.717, 1.165) is 28.8 Å². The number of hydrogen-bond acceptors (Lipinski definition) is 4. The minimum Gasteiger partial charge on any atom is -0.382 e. The molecule has 1 aromatic heterocycles. The normalized spacial score (nSPS) is 11.2. The molecule has 0 aliphatic heterocycles. The molecule has 0 spiro atoms. The van der Waals surface area contributed by atoms with Gasteiger partial charge in [-0.1, -0.05) is 6.92 Å². The van der Waals surface area contributed by atoms with E-state index in [2.05, 4.69) is 34.9 Å². The van der Waals surface area contributed by atoms with Crippen LogP contribution in [-0.2, 0) is 33.8 Å². The molecule has 0 aromatic carbocycles. The van der Waals surface area contributed by atoms with Crippen LogP contribution in [0.2, 0.25) is 0 Å². The molecule has 0 aliphatic carbocycles. The maximum absolute atomic E-state index is 5.62. The van der Waals surface area contributed by atoms with Gasteiger partial charge < -0.3 is 14.2 Å². The van der Waals surface area contributed by atoms with E-state index >= 15 is 0 Å². The summed E-state index contributed by atoms with van der Waals surface area (Å²) in [6.07, 6.45) is 0.917. The highest BCUT2D eigenvalue weighted by molar-refractivity contribution is 9.10. The molecule has 0 saturated carbocycles. The highest BCUT2D eigenvalue weighted by Gasteiger charge is 2.13. The number of ether oxygens (including phenoxy) is 3. The minimum absolute atomic E-state index is 0.551. The standard InChI is InChI=1S/C13H23BrN2O3/c1-4-11-13(14)12(16(5-2)15-11)10-19-9-8-18-7-6-17-3/h4-10H2,1-3H3. The minimum atomic E-state index is 0.551. The van der Waals surface area contributed by atoms with Crippen LogP contribution in [-0.4, -0.2) is 43.3 Å². The lowest BCUT2D eigenvalue weighted by molar-refractivity contribution is 0.0183. The lowest BCUT2D eigenvalue weighted by Crippen LogP contribution is -2.10. The van der Waals surface area contributed by atoms with E-state index in [1.807, 2.05) is 4.68 Å². The summed E-state index contributed by atoms with van der Waals surface area (Å²) in [5, 5.41) is 4.53. The summed E-state index contributed by atoms with van der Waals surface area (Å²) in [6.45, 7) is 7.97. The Bertz CT molecular complexity index is 369. The first-order valence-electron chi connectivity index (χ1n) is 6.63. The van der Waals surface area contributed by atoms with Crippen LogP contribution in [0, 0.1) is 0 Å². The molecule has 0 unspecified atom stereocenters. The molecule has 5 nitrogen and oxygen atoms in total. The number of methoxy groups -OCH3 is 1. The highest BCUT2D eigenvalue weighted by atomic mass is 79.9. The zero-order valence-electron chi connectivity index (χ0n) is 11.9. The lowest BCUT2D eigenvalue weighted by Gasteiger charge is -2.07. The van der Waals surface area contributed by atoms with Gasteiger partial charge in [-0.2, -0.15) is 5.10 Å². The van der Waals surface area contributed by atoms with Crippen LogP contribution >= 0.6 is 15.9 Å². The van der Waals surface area contributed by atoms with E-state index in [-0.39, 0.29) is 0 Å². The predicted octanol–water partition coefficient (Wildman–Crippen LogP) is 2.41. The topological polar surface area (TPSA) is 45.5 Å². The van der Waals surface area contributed by atoms with Gasteiger partial charge in [-0.25, -0.2) is 0 Å². The molecule has 0 atom stereocenters. The summed E-state index contributed by atoms with van der Waals surface area (Å²) < 4.78 is 18.9. The monoisotopic (exact) mass is 334 g/mol. The fraction of sp³-hybridized carbons (Fsp3) is 0.769. The maximum Gasteiger partial charge on any atom is 0.0897 e. The Morgan fingerprint density at radius 3 is 2.42 bits per heavy atom. The van der Waals surface area contributed by atoms with Gasteiger partial charge in [0, 0.05) is 13.7 Å². The zero-order valence-corrected chi connectivity index (χ0v) is 13.5. The van der Waals surface area contributed by atoms with Crippen molar-refractivity contribution in [2.24, 2.45) is 0 Å². The Hall–Kier alpha value is -0.430. The smallest absolute Gasteiger partial charge is 0.0897 e. The fourth-order valence-corrected chi connectivity index (χ4v) is 2.37. The predicted molar refractivity (Wildman–Crippen MR) is 77.3 cm³/mol. The molecular weight excluding hydrogens is 312 g/mol. The largest absolute Gasteiger partial charge is 0.382 e. The first-order valence-corrected chi connectivity index (χ1v) is 7.42. The Morgan fingerprint density at radius 2 is 1.79 bits per heavy atom. The van der Waals surface area contributed by atoms with E-state index < -0.39 is 0 Å². The fourth-order valence-electron chi connectivity index (χ4n) is 1.69. The van der Waals surface area contributed by atoms with Crippen molar-refractivity contribution in [1.82, 2.24) is 9.78 Å². The molecule has 0 saturated heterocycles. The molecule has 0 amide bonds. The van der Waals surface area contributed by atoms with E-state index in [9.17, 15) is 0 Å². The Morgan fingerprint density at radius 1 is 1.11 bits per heavy atom. The molecule has 110 valence electrons. The van der Waals surface area contributed by atoms with Crippen LogP contribution in [0.3, 0.4) is 0 Å². The van der Waals surface area contributed by atoms with Crippen molar-refractivity contribution >= 4 is 15.9 Å². The van der Waals surface area contributed by atoms with Crippen molar-refractivity contribution in [3.05, 3.63) is 15.9 Å². The second kappa shape index (κ2) is 9.47. The van der Waals surface area contributed by atoms with Crippen LogP contribution < -0.4 is 0 Å². The summed E-state index contributed by atoms with van der Waals surface area (Å²) in [7, 11) is 1.66. The third-order valence-corrected chi connectivity index (χ3v) is 3.65. The van der Waals surface area contributed by atoms with Crippen molar-refractivity contribution in [3.63, 3.8) is 0 Å². The van der Waals surface area contributed by atoms with E-state index in [4.69, 9.17) is 14.2 Å². The molecule has 1 rings (SSSR count). The van der Waals surface area contributed by atoms with E-state index in [1.54, 1.807) is 7.11 Å². The van der Waals surface area contributed by atoms with Crippen molar-refractivity contribution in [1.29, 1.82) is 0 Å². The van der Waals surface area contributed by atoms with Crippen LogP contribution in [0.4, 0.5) is 0 Å². The molecule has 19 heavy (non-hydrogen) atoms. The van der Waals surface area contributed by atoms with Crippen LogP contribution in [0.5, 0.6) is 0 Å². The van der Waals surface area contributed by atoms with Gasteiger partial charge in [0.25, 0.3) is 0 Å². The molecule has 0 bridgehead atoms. The lowest BCUT2D eigenvalue weighted by atomic mass is 10.3. The Balaban J connectivity index is 2.34. The van der Waals surface area contributed by atoms with Gasteiger partial charge in [0.05, 0.1) is 48.9 Å². The maximum atomic E-state index is 5.62. The Kier molecular flexibility index (Phi) is 8.29. The second-order valence-corrected chi connectivity index (χ2v) is 4.83. The highest BCUT2D eigenvalue weighted by Crippen LogP contribution is 2.22. The summed E-state index contributed by atoms with van der Waals surface area (Å²) in [6, 6.07) is 0. The van der Waals surface area contributed by atoms with Gasteiger partial charge in [0.1, 0.15) is 0 Å². The average molecular weight is 335 g/mol. The summed E-state index contributed by atoms with van der Waals surface area (Å²) in [4.78, 5) is 0. The average Bonchev–Trinajstić information content (AvgIpc) is 2.74. The molecular formula is C13H23BrN2O3. The molecule has 1 aromatic rings. The van der Waals surface area contributed by atoms with Crippen molar-refractivity contribution in [2.75, 3.05) is 33.5 Å². The first-order chi connectivity index (χ1) is 9.24. The number of nitrogens with zero attached hydrogens (tertiary/aromatic N) is 2. The van der Waals surface area contributed by atoms with Crippen molar-refractivity contribution in [3.8, 4) is 0 Å².